The molecule has 3 aromatic rings. The van der Waals surface area contributed by atoms with Gasteiger partial charge in [0.2, 0.25) is 0 Å². The summed E-state index contributed by atoms with van der Waals surface area (Å²) in [5, 5.41) is 13.2. The monoisotopic (exact) mass is 259 g/mol. The molecule has 0 spiro atoms. The molecular formula is C10H9N7S. The lowest BCUT2D eigenvalue weighted by atomic mass is 10.3. The van der Waals surface area contributed by atoms with Crippen molar-refractivity contribution in [2.24, 2.45) is 0 Å². The number of anilines is 1. The van der Waals surface area contributed by atoms with Crippen molar-refractivity contribution in [2.75, 3.05) is 5.32 Å². The van der Waals surface area contributed by atoms with E-state index in [4.69, 9.17) is 0 Å². The molecule has 0 amide bonds. The zero-order chi connectivity index (χ0) is 12.2. The van der Waals surface area contributed by atoms with Crippen molar-refractivity contribution in [3.8, 4) is 5.82 Å². The van der Waals surface area contributed by atoms with E-state index < -0.39 is 0 Å². The SMILES string of the molecule is c1cnc(-n2cncn2)c(NCc2csnn2)c1. The van der Waals surface area contributed by atoms with E-state index in [1.165, 1.54) is 17.9 Å². The second kappa shape index (κ2) is 4.88. The number of hydrogen-bond acceptors (Lipinski definition) is 7. The van der Waals surface area contributed by atoms with Gasteiger partial charge in [0, 0.05) is 11.6 Å². The Hall–Kier alpha value is -2.35. The van der Waals surface area contributed by atoms with Crippen molar-refractivity contribution in [3.63, 3.8) is 0 Å². The highest BCUT2D eigenvalue weighted by molar-refractivity contribution is 7.03. The molecule has 0 radical (unpaired) electrons. The van der Waals surface area contributed by atoms with Crippen LogP contribution in [-0.4, -0.2) is 29.3 Å². The van der Waals surface area contributed by atoms with E-state index in [1.54, 1.807) is 17.2 Å². The second-order valence-electron chi connectivity index (χ2n) is 3.46. The molecule has 0 aliphatic carbocycles. The van der Waals surface area contributed by atoms with Crippen LogP contribution in [0.2, 0.25) is 0 Å². The molecule has 0 aliphatic heterocycles. The summed E-state index contributed by atoms with van der Waals surface area (Å²) in [4.78, 5) is 8.20. The molecule has 90 valence electrons. The summed E-state index contributed by atoms with van der Waals surface area (Å²) in [7, 11) is 0. The van der Waals surface area contributed by atoms with Crippen LogP contribution in [0.1, 0.15) is 5.69 Å². The average Bonchev–Trinajstić information content (AvgIpc) is 3.10. The Balaban J connectivity index is 1.84. The topological polar surface area (TPSA) is 81.4 Å². The van der Waals surface area contributed by atoms with Crippen LogP contribution in [0.4, 0.5) is 5.69 Å². The van der Waals surface area contributed by atoms with Gasteiger partial charge in [0.25, 0.3) is 0 Å². The molecule has 0 saturated carbocycles. The summed E-state index contributed by atoms with van der Waals surface area (Å²) in [6, 6.07) is 3.80. The fourth-order valence-electron chi connectivity index (χ4n) is 1.48. The van der Waals surface area contributed by atoms with Crippen LogP contribution < -0.4 is 5.32 Å². The van der Waals surface area contributed by atoms with Gasteiger partial charge in [-0.25, -0.2) is 14.6 Å². The smallest absolute Gasteiger partial charge is 0.178 e. The number of nitrogens with one attached hydrogen (secondary N) is 1. The molecule has 3 rings (SSSR count). The Bertz CT molecular complexity index is 605. The third kappa shape index (κ3) is 2.18. The zero-order valence-electron chi connectivity index (χ0n) is 9.26. The van der Waals surface area contributed by atoms with E-state index in [1.807, 2.05) is 17.5 Å². The summed E-state index contributed by atoms with van der Waals surface area (Å²) >= 11 is 1.33. The third-order valence-electron chi connectivity index (χ3n) is 2.29. The fraction of sp³-hybridized carbons (Fsp3) is 0.100. The molecule has 0 aromatic carbocycles. The summed E-state index contributed by atoms with van der Waals surface area (Å²) in [6.07, 6.45) is 4.80. The maximum Gasteiger partial charge on any atom is 0.178 e. The minimum atomic E-state index is 0.601. The number of nitrogens with zero attached hydrogens (tertiary/aromatic N) is 6. The Kier molecular flexibility index (Phi) is 2.92. The van der Waals surface area contributed by atoms with E-state index in [2.05, 4.69) is 30.0 Å². The van der Waals surface area contributed by atoms with Crippen LogP contribution in [0.5, 0.6) is 0 Å². The van der Waals surface area contributed by atoms with Gasteiger partial charge in [-0.3, -0.25) is 0 Å². The molecule has 0 unspecified atom stereocenters. The molecule has 1 N–H and O–H groups in total. The van der Waals surface area contributed by atoms with Crippen LogP contribution in [-0.2, 0) is 6.54 Å². The Morgan fingerprint density at radius 2 is 2.39 bits per heavy atom. The first-order chi connectivity index (χ1) is 8.93. The zero-order valence-corrected chi connectivity index (χ0v) is 10.1. The van der Waals surface area contributed by atoms with Crippen molar-refractivity contribution >= 4 is 17.2 Å². The molecule has 7 nitrogen and oxygen atoms in total. The Labute approximate surface area is 107 Å². The van der Waals surface area contributed by atoms with Gasteiger partial charge < -0.3 is 5.32 Å². The average molecular weight is 259 g/mol. The second-order valence-corrected chi connectivity index (χ2v) is 4.07. The van der Waals surface area contributed by atoms with Crippen molar-refractivity contribution in [1.82, 2.24) is 29.3 Å². The van der Waals surface area contributed by atoms with Gasteiger partial charge in [-0.2, -0.15) is 5.10 Å². The van der Waals surface area contributed by atoms with Crippen LogP contribution in [0.15, 0.2) is 36.4 Å². The van der Waals surface area contributed by atoms with Gasteiger partial charge >= 0.3 is 0 Å². The normalized spacial score (nSPS) is 10.4. The first-order valence-electron chi connectivity index (χ1n) is 5.23. The predicted molar refractivity (Wildman–Crippen MR) is 66.4 cm³/mol. The first-order valence-corrected chi connectivity index (χ1v) is 6.07. The summed E-state index contributed by atoms with van der Waals surface area (Å²) in [5.74, 6) is 0.707. The van der Waals surface area contributed by atoms with Gasteiger partial charge in [-0.05, 0) is 23.7 Å². The molecule has 0 aliphatic rings. The van der Waals surface area contributed by atoms with Crippen LogP contribution >= 0.6 is 11.5 Å². The van der Waals surface area contributed by atoms with Crippen LogP contribution in [0, 0.1) is 0 Å². The molecule has 0 bridgehead atoms. The van der Waals surface area contributed by atoms with E-state index >= 15 is 0 Å². The lowest BCUT2D eigenvalue weighted by Gasteiger charge is -2.08. The first kappa shape index (κ1) is 10.8. The van der Waals surface area contributed by atoms with Gasteiger partial charge in [0.1, 0.15) is 12.7 Å². The van der Waals surface area contributed by atoms with Crippen LogP contribution in [0.25, 0.3) is 5.82 Å². The minimum Gasteiger partial charge on any atom is -0.376 e. The molecular weight excluding hydrogens is 250 g/mol. The maximum absolute atomic E-state index is 4.29. The molecule has 0 saturated heterocycles. The largest absolute Gasteiger partial charge is 0.376 e. The highest BCUT2D eigenvalue weighted by atomic mass is 32.1. The van der Waals surface area contributed by atoms with Gasteiger partial charge in [-0.15, -0.1) is 5.10 Å². The lowest BCUT2D eigenvalue weighted by Crippen LogP contribution is -2.06. The van der Waals surface area contributed by atoms with Gasteiger partial charge in [0.15, 0.2) is 5.82 Å². The Morgan fingerprint density at radius 1 is 1.39 bits per heavy atom. The van der Waals surface area contributed by atoms with E-state index in [-0.39, 0.29) is 0 Å². The minimum absolute atomic E-state index is 0.601. The summed E-state index contributed by atoms with van der Waals surface area (Å²) in [5.41, 5.74) is 1.77. The standard InChI is InChI=1S/C10H9N7S/c1-2-9(13-4-8-5-18-16-15-8)10(12-3-1)17-7-11-6-14-17/h1-3,5-7,13H,4H2. The highest BCUT2D eigenvalue weighted by Crippen LogP contribution is 2.16. The highest BCUT2D eigenvalue weighted by Gasteiger charge is 2.06. The van der Waals surface area contributed by atoms with Crippen molar-refractivity contribution < 1.29 is 0 Å². The maximum atomic E-state index is 4.29. The molecule has 0 atom stereocenters. The Morgan fingerprint density at radius 3 is 3.17 bits per heavy atom. The van der Waals surface area contributed by atoms with Crippen molar-refractivity contribution in [1.29, 1.82) is 0 Å². The number of rotatable bonds is 4. The van der Waals surface area contributed by atoms with E-state index in [0.717, 1.165) is 11.4 Å². The fourth-order valence-corrected chi connectivity index (χ4v) is 1.93. The van der Waals surface area contributed by atoms with E-state index in [9.17, 15) is 0 Å². The predicted octanol–water partition coefficient (Wildman–Crippen LogP) is 1.13. The number of hydrogen-bond donors (Lipinski definition) is 1. The number of pyridine rings is 1. The number of aromatic nitrogens is 6. The molecule has 3 aromatic heterocycles. The quantitative estimate of drug-likeness (QED) is 0.756. The van der Waals surface area contributed by atoms with Crippen molar-refractivity contribution in [3.05, 3.63) is 42.1 Å². The van der Waals surface area contributed by atoms with Gasteiger partial charge in [0.05, 0.1) is 17.9 Å². The molecule has 18 heavy (non-hydrogen) atoms. The summed E-state index contributed by atoms with van der Waals surface area (Å²) in [6.45, 7) is 0.601. The lowest BCUT2D eigenvalue weighted by molar-refractivity contribution is 0.843. The molecule has 3 heterocycles. The summed E-state index contributed by atoms with van der Waals surface area (Å²) < 4.78 is 5.43. The van der Waals surface area contributed by atoms with Gasteiger partial charge in [-0.1, -0.05) is 4.49 Å². The molecule has 0 fully saturated rings. The van der Waals surface area contributed by atoms with Crippen molar-refractivity contribution in [2.45, 2.75) is 6.54 Å². The van der Waals surface area contributed by atoms with E-state index in [0.29, 0.717) is 12.4 Å². The third-order valence-corrected chi connectivity index (χ3v) is 2.84. The molecule has 8 heteroatoms. The van der Waals surface area contributed by atoms with Crippen LogP contribution in [0.3, 0.4) is 0 Å².